The largest absolute Gasteiger partial charge is 0.346 e. The molecule has 0 atom stereocenters. The van der Waals surface area contributed by atoms with Crippen molar-refractivity contribution in [2.75, 3.05) is 0 Å². The van der Waals surface area contributed by atoms with Crippen molar-refractivity contribution in [3.63, 3.8) is 0 Å². The molecule has 7 nitrogen and oxygen atoms in total. The number of hydrogen-bond donors (Lipinski definition) is 2. The zero-order valence-electron chi connectivity index (χ0n) is 14.4. The zero-order chi connectivity index (χ0) is 19.1. The first-order chi connectivity index (χ1) is 13.0. The maximum absolute atomic E-state index is 12.5. The van der Waals surface area contributed by atoms with Gasteiger partial charge in [0.1, 0.15) is 0 Å². The van der Waals surface area contributed by atoms with Crippen LogP contribution in [0.3, 0.4) is 0 Å². The Balaban J connectivity index is 1.67. The normalized spacial score (nSPS) is 11.1. The maximum Gasteiger partial charge on any atom is 0.251 e. The summed E-state index contributed by atoms with van der Waals surface area (Å²) in [7, 11) is -3.74. The molecule has 138 valence electrons. The van der Waals surface area contributed by atoms with E-state index in [1.54, 1.807) is 48.9 Å². The molecule has 0 spiro atoms. The Hall–Kier alpha value is -3.10. The molecule has 2 N–H and O–H groups in total. The first-order valence-corrected chi connectivity index (χ1v) is 9.70. The minimum Gasteiger partial charge on any atom is -0.346 e. The Labute approximate surface area is 157 Å². The molecule has 0 saturated heterocycles. The van der Waals surface area contributed by atoms with E-state index in [1.165, 1.54) is 18.2 Å². The standard InChI is InChI=1S/C19H18N4O3S/c24-19(22-14-17-5-1-2-9-21-17)16-4-3-6-18(12-16)27(25,26)23-13-15-7-10-20-11-8-15/h1-12,23H,13-14H2,(H,22,24). The molecule has 0 bridgehead atoms. The monoisotopic (exact) mass is 382 g/mol. The number of benzene rings is 1. The molecule has 0 saturated carbocycles. The Morgan fingerprint density at radius 3 is 2.48 bits per heavy atom. The minimum absolute atomic E-state index is 0.0297. The molecular weight excluding hydrogens is 364 g/mol. The molecule has 0 radical (unpaired) electrons. The molecule has 0 aliphatic rings. The van der Waals surface area contributed by atoms with Gasteiger partial charge >= 0.3 is 0 Å². The summed E-state index contributed by atoms with van der Waals surface area (Å²) in [6.45, 7) is 0.401. The highest BCUT2D eigenvalue weighted by Crippen LogP contribution is 2.12. The molecule has 1 amide bonds. The first kappa shape index (κ1) is 18.7. The zero-order valence-corrected chi connectivity index (χ0v) is 15.2. The van der Waals surface area contributed by atoms with Crippen LogP contribution in [0.15, 0.2) is 78.1 Å². The molecule has 0 aliphatic carbocycles. The van der Waals surface area contributed by atoms with Gasteiger partial charge in [0, 0.05) is 30.7 Å². The summed E-state index contributed by atoms with van der Waals surface area (Å²) in [5.74, 6) is -0.369. The summed E-state index contributed by atoms with van der Waals surface area (Å²) in [5, 5.41) is 2.73. The Bertz CT molecular complexity index is 1010. The van der Waals surface area contributed by atoms with Gasteiger partial charge < -0.3 is 5.32 Å². The lowest BCUT2D eigenvalue weighted by Gasteiger charge is -2.09. The van der Waals surface area contributed by atoms with Gasteiger partial charge in [0.2, 0.25) is 10.0 Å². The highest BCUT2D eigenvalue weighted by Gasteiger charge is 2.16. The van der Waals surface area contributed by atoms with Crippen molar-refractivity contribution in [3.05, 3.63) is 90.0 Å². The van der Waals surface area contributed by atoms with E-state index in [0.717, 1.165) is 5.56 Å². The smallest absolute Gasteiger partial charge is 0.251 e. The molecule has 2 heterocycles. The van der Waals surface area contributed by atoms with Crippen molar-refractivity contribution in [2.45, 2.75) is 18.0 Å². The number of nitrogens with zero attached hydrogens (tertiary/aromatic N) is 2. The molecule has 3 rings (SSSR count). The number of carbonyl (C=O) groups excluding carboxylic acids is 1. The van der Waals surface area contributed by atoms with Gasteiger partial charge in [-0.05, 0) is 48.0 Å². The van der Waals surface area contributed by atoms with E-state index in [4.69, 9.17) is 0 Å². The van der Waals surface area contributed by atoms with Gasteiger partial charge in [-0.25, -0.2) is 13.1 Å². The van der Waals surface area contributed by atoms with Crippen molar-refractivity contribution in [1.29, 1.82) is 0 Å². The van der Waals surface area contributed by atoms with Crippen LogP contribution >= 0.6 is 0 Å². The van der Waals surface area contributed by atoms with Gasteiger partial charge in [-0.1, -0.05) is 12.1 Å². The summed E-state index contributed by atoms with van der Waals surface area (Å²) in [6.07, 6.45) is 4.83. The molecule has 3 aromatic rings. The second-order valence-corrected chi connectivity index (χ2v) is 7.48. The van der Waals surface area contributed by atoms with Crippen LogP contribution in [0.5, 0.6) is 0 Å². The van der Waals surface area contributed by atoms with Crippen LogP contribution in [0, 0.1) is 0 Å². The number of aromatic nitrogens is 2. The highest BCUT2D eigenvalue weighted by atomic mass is 32.2. The third-order valence-corrected chi connectivity index (χ3v) is 5.18. The average molecular weight is 382 g/mol. The van der Waals surface area contributed by atoms with E-state index in [0.29, 0.717) is 5.69 Å². The first-order valence-electron chi connectivity index (χ1n) is 8.21. The van der Waals surface area contributed by atoms with Gasteiger partial charge in [-0.2, -0.15) is 0 Å². The molecular formula is C19H18N4O3S. The molecule has 27 heavy (non-hydrogen) atoms. The fraction of sp³-hybridized carbons (Fsp3) is 0.105. The Morgan fingerprint density at radius 1 is 0.926 bits per heavy atom. The van der Waals surface area contributed by atoms with Crippen LogP contribution < -0.4 is 10.0 Å². The molecule has 1 aromatic carbocycles. The second-order valence-electron chi connectivity index (χ2n) is 5.71. The number of pyridine rings is 2. The average Bonchev–Trinajstić information content (AvgIpc) is 2.72. The summed E-state index contributed by atoms with van der Waals surface area (Å²) in [6, 6.07) is 14.8. The van der Waals surface area contributed by atoms with E-state index in [2.05, 4.69) is 20.0 Å². The van der Waals surface area contributed by atoms with Crippen LogP contribution in [0.25, 0.3) is 0 Å². The van der Waals surface area contributed by atoms with Crippen LogP contribution in [0.1, 0.15) is 21.6 Å². The van der Waals surface area contributed by atoms with Crippen LogP contribution in [-0.2, 0) is 23.1 Å². The summed E-state index contributed by atoms with van der Waals surface area (Å²) in [5.41, 5.74) is 1.77. The predicted octanol–water partition coefficient (Wildman–Crippen LogP) is 1.89. The van der Waals surface area contributed by atoms with Crippen molar-refractivity contribution < 1.29 is 13.2 Å². The third-order valence-electron chi connectivity index (χ3n) is 3.78. The van der Waals surface area contributed by atoms with Crippen LogP contribution in [0.2, 0.25) is 0 Å². The lowest BCUT2D eigenvalue weighted by atomic mass is 10.2. The number of hydrogen-bond acceptors (Lipinski definition) is 5. The van der Waals surface area contributed by atoms with E-state index in [1.807, 2.05) is 6.07 Å². The van der Waals surface area contributed by atoms with Gasteiger partial charge in [-0.3, -0.25) is 14.8 Å². The lowest BCUT2D eigenvalue weighted by molar-refractivity contribution is 0.0950. The van der Waals surface area contributed by atoms with E-state index < -0.39 is 10.0 Å². The van der Waals surface area contributed by atoms with Crippen LogP contribution in [-0.4, -0.2) is 24.3 Å². The SMILES string of the molecule is O=C(NCc1ccccn1)c1cccc(S(=O)(=O)NCc2ccncc2)c1. The molecule has 8 heteroatoms. The Morgan fingerprint density at radius 2 is 1.74 bits per heavy atom. The predicted molar refractivity (Wildman–Crippen MR) is 100 cm³/mol. The molecule has 0 aliphatic heterocycles. The minimum atomic E-state index is -3.74. The van der Waals surface area contributed by atoms with Gasteiger partial charge in [0.25, 0.3) is 5.91 Å². The topological polar surface area (TPSA) is 101 Å². The second kappa shape index (κ2) is 8.52. The highest BCUT2D eigenvalue weighted by molar-refractivity contribution is 7.89. The lowest BCUT2D eigenvalue weighted by Crippen LogP contribution is -2.25. The van der Waals surface area contributed by atoms with Crippen molar-refractivity contribution >= 4 is 15.9 Å². The van der Waals surface area contributed by atoms with E-state index in [9.17, 15) is 13.2 Å². The van der Waals surface area contributed by atoms with Crippen molar-refractivity contribution in [3.8, 4) is 0 Å². The van der Waals surface area contributed by atoms with Gasteiger partial charge in [-0.15, -0.1) is 0 Å². The fourth-order valence-electron chi connectivity index (χ4n) is 2.34. The van der Waals surface area contributed by atoms with Crippen molar-refractivity contribution in [2.24, 2.45) is 0 Å². The third kappa shape index (κ3) is 5.19. The summed E-state index contributed by atoms with van der Waals surface area (Å²) in [4.78, 5) is 20.4. The van der Waals surface area contributed by atoms with Crippen LogP contribution in [0.4, 0.5) is 0 Å². The van der Waals surface area contributed by atoms with E-state index >= 15 is 0 Å². The Kier molecular flexibility index (Phi) is 5.90. The number of sulfonamides is 1. The molecule has 0 fully saturated rings. The quantitative estimate of drug-likeness (QED) is 0.650. The number of rotatable bonds is 7. The fourth-order valence-corrected chi connectivity index (χ4v) is 3.41. The summed E-state index contributed by atoms with van der Waals surface area (Å²) >= 11 is 0. The number of carbonyl (C=O) groups is 1. The number of amides is 1. The number of nitrogens with one attached hydrogen (secondary N) is 2. The van der Waals surface area contributed by atoms with Gasteiger partial charge in [0.05, 0.1) is 17.1 Å². The van der Waals surface area contributed by atoms with Crippen molar-refractivity contribution in [1.82, 2.24) is 20.0 Å². The maximum atomic E-state index is 12.5. The molecule has 2 aromatic heterocycles. The van der Waals surface area contributed by atoms with Gasteiger partial charge in [0.15, 0.2) is 0 Å². The summed E-state index contributed by atoms with van der Waals surface area (Å²) < 4.78 is 27.5. The molecule has 0 unspecified atom stereocenters. The van der Waals surface area contributed by atoms with E-state index in [-0.39, 0.29) is 29.5 Å².